The van der Waals surface area contributed by atoms with Crippen LogP contribution in [0.5, 0.6) is 5.88 Å². The topological polar surface area (TPSA) is 39.2 Å². The summed E-state index contributed by atoms with van der Waals surface area (Å²) in [6, 6.07) is 5.47. The van der Waals surface area contributed by atoms with Crippen LogP contribution >= 0.6 is 0 Å². The molecule has 1 heterocycles. The summed E-state index contributed by atoms with van der Waals surface area (Å²) in [4.78, 5) is 15.5. The zero-order valence-electron chi connectivity index (χ0n) is 7.98. The SMILES string of the molecule is O=C1CCCCC1Oc1ccccn1. The Hall–Kier alpha value is -1.38. The van der Waals surface area contributed by atoms with Gasteiger partial charge in [0, 0.05) is 18.7 Å². The molecule has 0 bridgehead atoms. The van der Waals surface area contributed by atoms with Crippen molar-refractivity contribution in [3.8, 4) is 5.88 Å². The first-order chi connectivity index (χ1) is 6.86. The van der Waals surface area contributed by atoms with E-state index in [4.69, 9.17) is 4.74 Å². The Kier molecular flexibility index (Phi) is 2.77. The van der Waals surface area contributed by atoms with Crippen LogP contribution in [-0.2, 0) is 4.79 Å². The average molecular weight is 191 g/mol. The minimum atomic E-state index is -0.265. The molecule has 14 heavy (non-hydrogen) atoms. The number of carbonyl (C=O) groups is 1. The number of ketones is 1. The van der Waals surface area contributed by atoms with E-state index in [9.17, 15) is 4.79 Å². The van der Waals surface area contributed by atoms with Gasteiger partial charge in [0.25, 0.3) is 0 Å². The van der Waals surface area contributed by atoms with Gasteiger partial charge in [-0.15, -0.1) is 0 Å². The normalized spacial score (nSPS) is 22.0. The molecule has 1 aliphatic carbocycles. The van der Waals surface area contributed by atoms with Crippen molar-refractivity contribution >= 4 is 5.78 Å². The minimum absolute atomic E-state index is 0.210. The molecular formula is C11H13NO2. The van der Waals surface area contributed by atoms with E-state index in [0.717, 1.165) is 19.3 Å². The zero-order valence-corrected chi connectivity index (χ0v) is 7.98. The van der Waals surface area contributed by atoms with E-state index in [-0.39, 0.29) is 11.9 Å². The molecule has 2 rings (SSSR count). The van der Waals surface area contributed by atoms with Gasteiger partial charge in [-0.05, 0) is 25.3 Å². The van der Waals surface area contributed by atoms with Crippen LogP contribution in [0, 0.1) is 0 Å². The highest BCUT2D eigenvalue weighted by atomic mass is 16.5. The number of ether oxygens (including phenoxy) is 1. The molecule has 1 fully saturated rings. The van der Waals surface area contributed by atoms with Gasteiger partial charge in [0.05, 0.1) is 0 Å². The fourth-order valence-electron chi connectivity index (χ4n) is 1.64. The average Bonchev–Trinajstić information content (AvgIpc) is 2.23. The summed E-state index contributed by atoms with van der Waals surface area (Å²) in [6.07, 6.45) is 4.96. The van der Waals surface area contributed by atoms with Crippen LogP contribution in [0.3, 0.4) is 0 Å². The van der Waals surface area contributed by atoms with Gasteiger partial charge in [0.2, 0.25) is 5.88 Å². The third-order valence-corrected chi connectivity index (χ3v) is 2.40. The van der Waals surface area contributed by atoms with E-state index >= 15 is 0 Å². The second-order valence-electron chi connectivity index (χ2n) is 3.49. The molecule has 0 radical (unpaired) electrons. The van der Waals surface area contributed by atoms with Crippen molar-refractivity contribution < 1.29 is 9.53 Å². The molecule has 0 N–H and O–H groups in total. The largest absolute Gasteiger partial charge is 0.466 e. The lowest BCUT2D eigenvalue weighted by molar-refractivity contribution is -0.127. The van der Waals surface area contributed by atoms with Gasteiger partial charge < -0.3 is 4.74 Å². The van der Waals surface area contributed by atoms with Crippen molar-refractivity contribution in [1.29, 1.82) is 0 Å². The Morgan fingerprint density at radius 2 is 2.29 bits per heavy atom. The first-order valence-corrected chi connectivity index (χ1v) is 4.96. The van der Waals surface area contributed by atoms with Crippen LogP contribution < -0.4 is 4.74 Å². The van der Waals surface area contributed by atoms with Crippen molar-refractivity contribution in [2.24, 2.45) is 0 Å². The summed E-state index contributed by atoms with van der Waals surface area (Å²) in [7, 11) is 0. The number of hydrogen-bond donors (Lipinski definition) is 0. The summed E-state index contributed by atoms with van der Waals surface area (Å²) >= 11 is 0. The predicted octanol–water partition coefficient (Wildman–Crippen LogP) is 1.97. The Balaban J connectivity index is 2.00. The molecule has 1 saturated carbocycles. The van der Waals surface area contributed by atoms with Gasteiger partial charge in [-0.1, -0.05) is 6.07 Å². The molecule has 1 atom stereocenters. The quantitative estimate of drug-likeness (QED) is 0.717. The molecule has 0 aromatic carbocycles. The van der Waals surface area contributed by atoms with Crippen molar-refractivity contribution in [3.63, 3.8) is 0 Å². The lowest BCUT2D eigenvalue weighted by atomic mass is 9.96. The van der Waals surface area contributed by atoms with Gasteiger partial charge in [-0.3, -0.25) is 4.79 Å². The fraction of sp³-hybridized carbons (Fsp3) is 0.455. The lowest BCUT2D eigenvalue weighted by Crippen LogP contribution is -2.30. The van der Waals surface area contributed by atoms with Gasteiger partial charge in [0.15, 0.2) is 11.9 Å². The van der Waals surface area contributed by atoms with Crippen LogP contribution in [0.2, 0.25) is 0 Å². The summed E-state index contributed by atoms with van der Waals surface area (Å²) in [5.74, 6) is 0.759. The minimum Gasteiger partial charge on any atom is -0.466 e. The highest BCUT2D eigenvalue weighted by molar-refractivity contribution is 5.83. The molecular weight excluding hydrogens is 178 g/mol. The number of aromatic nitrogens is 1. The molecule has 74 valence electrons. The molecule has 0 aliphatic heterocycles. The highest BCUT2D eigenvalue weighted by Crippen LogP contribution is 2.19. The standard InChI is InChI=1S/C11H13NO2/c13-9-5-1-2-6-10(9)14-11-7-3-4-8-12-11/h3-4,7-8,10H,1-2,5-6H2. The van der Waals surface area contributed by atoms with Crippen molar-refractivity contribution in [2.75, 3.05) is 0 Å². The van der Waals surface area contributed by atoms with Crippen LogP contribution in [0.25, 0.3) is 0 Å². The van der Waals surface area contributed by atoms with Crippen LogP contribution in [0.15, 0.2) is 24.4 Å². The Labute approximate surface area is 83.1 Å². The van der Waals surface area contributed by atoms with Gasteiger partial charge in [-0.2, -0.15) is 0 Å². The number of Topliss-reactive ketones (excluding diaryl/α,β-unsaturated/α-hetero) is 1. The first kappa shape index (κ1) is 9.19. The van der Waals surface area contributed by atoms with Crippen LogP contribution in [0.4, 0.5) is 0 Å². The number of rotatable bonds is 2. The lowest BCUT2D eigenvalue weighted by Gasteiger charge is -2.20. The Morgan fingerprint density at radius 1 is 1.36 bits per heavy atom. The monoisotopic (exact) mass is 191 g/mol. The van der Waals surface area contributed by atoms with Gasteiger partial charge in [-0.25, -0.2) is 4.98 Å². The molecule has 3 heteroatoms. The van der Waals surface area contributed by atoms with E-state index in [1.807, 2.05) is 12.1 Å². The fourth-order valence-corrected chi connectivity index (χ4v) is 1.64. The number of hydrogen-bond acceptors (Lipinski definition) is 3. The third kappa shape index (κ3) is 2.10. The molecule has 1 unspecified atom stereocenters. The number of carbonyl (C=O) groups excluding carboxylic acids is 1. The van der Waals surface area contributed by atoms with Crippen LogP contribution in [0.1, 0.15) is 25.7 Å². The highest BCUT2D eigenvalue weighted by Gasteiger charge is 2.23. The maximum absolute atomic E-state index is 11.4. The van der Waals surface area contributed by atoms with Crippen molar-refractivity contribution in [1.82, 2.24) is 4.98 Å². The zero-order chi connectivity index (χ0) is 9.80. The smallest absolute Gasteiger partial charge is 0.213 e. The Bertz CT molecular complexity index is 310. The van der Waals surface area contributed by atoms with E-state index in [2.05, 4.69) is 4.98 Å². The summed E-state index contributed by atoms with van der Waals surface area (Å²) in [6.45, 7) is 0. The summed E-state index contributed by atoms with van der Waals surface area (Å²) in [5, 5.41) is 0. The Morgan fingerprint density at radius 3 is 3.00 bits per heavy atom. The first-order valence-electron chi connectivity index (χ1n) is 4.96. The molecule has 1 aromatic rings. The van der Waals surface area contributed by atoms with Crippen molar-refractivity contribution in [3.05, 3.63) is 24.4 Å². The van der Waals surface area contributed by atoms with Gasteiger partial charge >= 0.3 is 0 Å². The van der Waals surface area contributed by atoms with Crippen molar-refractivity contribution in [2.45, 2.75) is 31.8 Å². The van der Waals surface area contributed by atoms with E-state index in [1.54, 1.807) is 12.3 Å². The van der Waals surface area contributed by atoms with Gasteiger partial charge in [0.1, 0.15) is 0 Å². The summed E-state index contributed by atoms with van der Waals surface area (Å²) < 4.78 is 5.51. The molecule has 1 aliphatic rings. The van der Waals surface area contributed by atoms with E-state index < -0.39 is 0 Å². The second-order valence-corrected chi connectivity index (χ2v) is 3.49. The molecule has 3 nitrogen and oxygen atoms in total. The predicted molar refractivity (Wildman–Crippen MR) is 52.1 cm³/mol. The summed E-state index contributed by atoms with van der Waals surface area (Å²) in [5.41, 5.74) is 0. The molecule has 1 aromatic heterocycles. The number of nitrogens with zero attached hydrogens (tertiary/aromatic N) is 1. The van der Waals surface area contributed by atoms with E-state index in [0.29, 0.717) is 12.3 Å². The van der Waals surface area contributed by atoms with E-state index in [1.165, 1.54) is 0 Å². The third-order valence-electron chi connectivity index (χ3n) is 2.40. The maximum Gasteiger partial charge on any atom is 0.213 e. The molecule has 0 saturated heterocycles. The second kappa shape index (κ2) is 4.22. The number of pyridine rings is 1. The molecule has 0 amide bonds. The molecule has 0 spiro atoms. The van der Waals surface area contributed by atoms with Crippen LogP contribution in [-0.4, -0.2) is 16.9 Å². The maximum atomic E-state index is 11.4.